The van der Waals surface area contributed by atoms with Gasteiger partial charge in [-0.1, -0.05) is 6.07 Å². The minimum Gasteiger partial charge on any atom is -0.268 e. The molecule has 0 N–H and O–H groups in total. The highest BCUT2D eigenvalue weighted by Gasteiger charge is 2.05. The topological polar surface area (TPSA) is 71.6 Å². The van der Waals surface area contributed by atoms with Crippen molar-refractivity contribution in [1.29, 1.82) is 5.26 Å². The predicted octanol–water partition coefficient (Wildman–Crippen LogP) is 0.867. The Hall–Kier alpha value is -2.48. The molecule has 0 radical (unpaired) electrons. The molecule has 84 valence electrons. The molecule has 0 aliphatic heterocycles. The second kappa shape index (κ2) is 4.58. The quantitative estimate of drug-likeness (QED) is 0.761. The zero-order chi connectivity index (χ0) is 12.3. The van der Waals surface area contributed by atoms with Crippen LogP contribution in [0.25, 0.3) is 0 Å². The summed E-state index contributed by atoms with van der Waals surface area (Å²) in [4.78, 5) is 15.7. The number of rotatable bonds is 2. The molecule has 5 heteroatoms. The Morgan fingerprint density at radius 1 is 1.53 bits per heavy atom. The molecule has 0 aliphatic carbocycles. The summed E-state index contributed by atoms with van der Waals surface area (Å²) in [5.74, 6) is 0. The first-order chi connectivity index (χ1) is 8.20. The molecule has 0 fully saturated rings. The summed E-state index contributed by atoms with van der Waals surface area (Å²) in [5, 5.41) is 12.9. The Balaban J connectivity index is 2.39. The van der Waals surface area contributed by atoms with Crippen molar-refractivity contribution < 1.29 is 0 Å². The number of nitrogens with zero attached hydrogens (tertiary/aromatic N) is 4. The third-order valence-electron chi connectivity index (χ3n) is 2.36. The van der Waals surface area contributed by atoms with Crippen LogP contribution in [0.3, 0.4) is 0 Å². The Morgan fingerprint density at radius 2 is 2.35 bits per heavy atom. The molecule has 17 heavy (non-hydrogen) atoms. The Morgan fingerprint density at radius 3 is 3.00 bits per heavy atom. The minimum absolute atomic E-state index is 0.281. The van der Waals surface area contributed by atoms with Crippen LogP contribution in [0.5, 0.6) is 0 Å². The largest absolute Gasteiger partial charge is 0.268 e. The second-order valence-electron chi connectivity index (χ2n) is 3.61. The minimum atomic E-state index is -0.281. The molecule has 0 aliphatic rings. The van der Waals surface area contributed by atoms with Crippen molar-refractivity contribution in [1.82, 2.24) is 14.8 Å². The average molecular weight is 226 g/mol. The highest BCUT2D eigenvalue weighted by atomic mass is 16.1. The van der Waals surface area contributed by atoms with Gasteiger partial charge in [0.1, 0.15) is 6.07 Å². The van der Waals surface area contributed by atoms with E-state index in [1.54, 1.807) is 25.4 Å². The summed E-state index contributed by atoms with van der Waals surface area (Å²) in [7, 11) is 0. The highest BCUT2D eigenvalue weighted by Crippen LogP contribution is 2.01. The molecule has 0 unspecified atom stereocenters. The summed E-state index contributed by atoms with van der Waals surface area (Å²) in [5.41, 5.74) is 1.48. The second-order valence-corrected chi connectivity index (χ2v) is 3.61. The van der Waals surface area contributed by atoms with Gasteiger partial charge in [-0.05, 0) is 18.6 Å². The van der Waals surface area contributed by atoms with Gasteiger partial charge in [0.2, 0.25) is 0 Å². The summed E-state index contributed by atoms with van der Waals surface area (Å²) >= 11 is 0. The van der Waals surface area contributed by atoms with E-state index in [1.807, 2.05) is 12.1 Å². The monoisotopic (exact) mass is 226 g/mol. The van der Waals surface area contributed by atoms with E-state index in [2.05, 4.69) is 10.1 Å². The zero-order valence-corrected chi connectivity index (χ0v) is 9.29. The van der Waals surface area contributed by atoms with Gasteiger partial charge in [-0.25, -0.2) is 4.68 Å². The lowest BCUT2D eigenvalue weighted by atomic mass is 10.2. The Labute approximate surface area is 98.0 Å². The predicted molar refractivity (Wildman–Crippen MR) is 61.3 cm³/mol. The van der Waals surface area contributed by atoms with Crippen molar-refractivity contribution in [3.63, 3.8) is 0 Å². The van der Waals surface area contributed by atoms with Gasteiger partial charge in [0, 0.05) is 18.5 Å². The first-order valence-corrected chi connectivity index (χ1v) is 5.08. The molecule has 0 saturated carbocycles. The zero-order valence-electron chi connectivity index (χ0n) is 9.29. The van der Waals surface area contributed by atoms with Gasteiger partial charge in [0.15, 0.2) is 0 Å². The molecule has 2 rings (SSSR count). The molecular weight excluding hydrogens is 216 g/mol. The fourth-order valence-corrected chi connectivity index (χ4v) is 1.48. The van der Waals surface area contributed by atoms with Crippen molar-refractivity contribution in [2.75, 3.05) is 0 Å². The van der Waals surface area contributed by atoms with Crippen LogP contribution in [0.1, 0.15) is 16.8 Å². The van der Waals surface area contributed by atoms with Gasteiger partial charge in [0.05, 0.1) is 17.8 Å². The van der Waals surface area contributed by atoms with Crippen LogP contribution in [-0.2, 0) is 6.54 Å². The molecule has 0 spiro atoms. The van der Waals surface area contributed by atoms with E-state index in [0.29, 0.717) is 17.8 Å². The van der Waals surface area contributed by atoms with Crippen molar-refractivity contribution >= 4 is 0 Å². The van der Waals surface area contributed by atoms with Gasteiger partial charge in [0.25, 0.3) is 5.56 Å². The SMILES string of the molecule is Cc1nn(Cc2cccnc2)c(=O)cc1C#N. The molecule has 2 aromatic rings. The van der Waals surface area contributed by atoms with Crippen LogP contribution in [0.4, 0.5) is 0 Å². The first kappa shape index (κ1) is 11.0. The van der Waals surface area contributed by atoms with Crippen LogP contribution >= 0.6 is 0 Å². The van der Waals surface area contributed by atoms with E-state index in [1.165, 1.54) is 10.7 Å². The lowest BCUT2D eigenvalue weighted by Gasteiger charge is -2.05. The smallest absolute Gasteiger partial charge is 0.268 e. The average Bonchev–Trinajstić information content (AvgIpc) is 2.34. The van der Waals surface area contributed by atoms with Gasteiger partial charge in [-0.3, -0.25) is 9.78 Å². The van der Waals surface area contributed by atoms with E-state index in [-0.39, 0.29) is 5.56 Å². The molecule has 2 heterocycles. The molecule has 0 atom stereocenters. The third-order valence-corrected chi connectivity index (χ3v) is 2.36. The van der Waals surface area contributed by atoms with E-state index in [9.17, 15) is 4.79 Å². The van der Waals surface area contributed by atoms with Crippen LogP contribution in [0, 0.1) is 18.3 Å². The van der Waals surface area contributed by atoms with E-state index in [4.69, 9.17) is 5.26 Å². The molecule has 2 aromatic heterocycles. The number of aromatic nitrogens is 3. The summed E-state index contributed by atoms with van der Waals surface area (Å²) in [6.07, 6.45) is 3.35. The number of pyridine rings is 1. The van der Waals surface area contributed by atoms with Crippen LogP contribution < -0.4 is 5.56 Å². The maximum Gasteiger partial charge on any atom is 0.268 e. The number of aryl methyl sites for hydroxylation is 1. The van der Waals surface area contributed by atoms with Crippen molar-refractivity contribution in [2.24, 2.45) is 0 Å². The molecular formula is C12H10N4O. The number of hydrogen-bond donors (Lipinski definition) is 0. The number of nitriles is 1. The highest BCUT2D eigenvalue weighted by molar-refractivity contribution is 5.30. The lowest BCUT2D eigenvalue weighted by molar-refractivity contribution is 0.625. The molecule has 0 bridgehead atoms. The normalized spacial score (nSPS) is 9.88. The fraction of sp³-hybridized carbons (Fsp3) is 0.167. The van der Waals surface area contributed by atoms with E-state index in [0.717, 1.165) is 5.56 Å². The number of hydrogen-bond acceptors (Lipinski definition) is 4. The molecule has 0 amide bonds. The fourth-order valence-electron chi connectivity index (χ4n) is 1.48. The summed E-state index contributed by atoms with van der Waals surface area (Å²) in [6, 6.07) is 6.92. The van der Waals surface area contributed by atoms with E-state index < -0.39 is 0 Å². The van der Waals surface area contributed by atoms with Crippen LogP contribution in [-0.4, -0.2) is 14.8 Å². The molecule has 0 saturated heterocycles. The van der Waals surface area contributed by atoms with Crippen molar-refractivity contribution in [2.45, 2.75) is 13.5 Å². The Bertz CT molecular complexity index is 625. The van der Waals surface area contributed by atoms with Gasteiger partial charge in [-0.2, -0.15) is 10.4 Å². The Kier molecular flexibility index (Phi) is 2.97. The maximum atomic E-state index is 11.7. The first-order valence-electron chi connectivity index (χ1n) is 5.08. The standard InChI is InChI=1S/C12H10N4O/c1-9-11(6-13)5-12(17)16(15-9)8-10-3-2-4-14-7-10/h2-5,7H,8H2,1H3. The maximum absolute atomic E-state index is 11.7. The summed E-state index contributed by atoms with van der Waals surface area (Å²) in [6.45, 7) is 2.07. The summed E-state index contributed by atoms with van der Waals surface area (Å²) < 4.78 is 1.33. The van der Waals surface area contributed by atoms with Crippen LogP contribution in [0.15, 0.2) is 35.4 Å². The van der Waals surface area contributed by atoms with Gasteiger partial charge >= 0.3 is 0 Å². The lowest BCUT2D eigenvalue weighted by Crippen LogP contribution is -2.24. The van der Waals surface area contributed by atoms with Crippen molar-refractivity contribution in [3.8, 4) is 6.07 Å². The third kappa shape index (κ3) is 2.37. The van der Waals surface area contributed by atoms with E-state index >= 15 is 0 Å². The molecule has 0 aromatic carbocycles. The van der Waals surface area contributed by atoms with Crippen molar-refractivity contribution in [3.05, 3.63) is 57.8 Å². The van der Waals surface area contributed by atoms with Gasteiger partial charge in [-0.15, -0.1) is 0 Å². The molecule has 5 nitrogen and oxygen atoms in total. The van der Waals surface area contributed by atoms with Crippen LogP contribution in [0.2, 0.25) is 0 Å². The van der Waals surface area contributed by atoms with Gasteiger partial charge < -0.3 is 0 Å².